The minimum Gasteiger partial charge on any atom is -0.381 e. The summed E-state index contributed by atoms with van der Waals surface area (Å²) in [6, 6.07) is 4.28. The van der Waals surface area contributed by atoms with Crippen LogP contribution in [0.1, 0.15) is 17.7 Å². The highest BCUT2D eigenvalue weighted by molar-refractivity contribution is 7.09. The fraction of sp³-hybridized carbons (Fsp3) is 0.667. The van der Waals surface area contributed by atoms with E-state index in [1.165, 1.54) is 4.88 Å². The van der Waals surface area contributed by atoms with Crippen molar-refractivity contribution in [2.24, 2.45) is 5.92 Å². The van der Waals surface area contributed by atoms with Gasteiger partial charge in [-0.25, -0.2) is 0 Å². The highest BCUT2D eigenvalue weighted by Crippen LogP contribution is 2.19. The van der Waals surface area contributed by atoms with Crippen LogP contribution in [0.2, 0.25) is 0 Å². The Hall–Kier alpha value is -0.910. The van der Waals surface area contributed by atoms with E-state index in [2.05, 4.69) is 22.4 Å². The van der Waals surface area contributed by atoms with Gasteiger partial charge in [0.05, 0.1) is 0 Å². The fourth-order valence-corrected chi connectivity index (χ4v) is 3.64. The average molecular weight is 294 g/mol. The van der Waals surface area contributed by atoms with E-state index in [0.717, 1.165) is 52.4 Å². The number of hydrogen-bond donors (Lipinski definition) is 0. The molecule has 20 heavy (non-hydrogen) atoms. The van der Waals surface area contributed by atoms with Gasteiger partial charge in [-0.2, -0.15) is 0 Å². The maximum Gasteiger partial charge on any atom is 0.223 e. The smallest absolute Gasteiger partial charge is 0.223 e. The van der Waals surface area contributed by atoms with Gasteiger partial charge in [-0.15, -0.1) is 11.3 Å². The molecule has 0 N–H and O–H groups in total. The first-order valence-electron chi connectivity index (χ1n) is 7.41. The number of amides is 1. The second-order valence-electron chi connectivity index (χ2n) is 5.67. The molecule has 5 heteroatoms. The summed E-state index contributed by atoms with van der Waals surface area (Å²) in [4.78, 5) is 18.1. The van der Waals surface area contributed by atoms with Crippen LogP contribution in [-0.4, -0.2) is 55.1 Å². The number of piperazine rings is 1. The molecule has 2 aliphatic heterocycles. The average Bonchev–Trinajstić information content (AvgIpc) is 3.13. The van der Waals surface area contributed by atoms with Crippen molar-refractivity contribution in [3.8, 4) is 0 Å². The summed E-state index contributed by atoms with van der Waals surface area (Å²) in [5.41, 5.74) is 0. The Morgan fingerprint density at radius 2 is 2.20 bits per heavy atom. The SMILES string of the molecule is O=C(C[C@H]1CCOC1)N1CCN(Cc2cccs2)CC1. The molecular weight excluding hydrogens is 272 g/mol. The lowest BCUT2D eigenvalue weighted by atomic mass is 10.0. The second kappa shape index (κ2) is 6.70. The first kappa shape index (κ1) is 14.0. The third-order valence-electron chi connectivity index (χ3n) is 4.17. The van der Waals surface area contributed by atoms with Crippen molar-refractivity contribution >= 4 is 17.2 Å². The van der Waals surface area contributed by atoms with Crippen molar-refractivity contribution in [3.63, 3.8) is 0 Å². The van der Waals surface area contributed by atoms with Gasteiger partial charge in [-0.1, -0.05) is 6.07 Å². The Balaban J connectivity index is 1.42. The Labute approximate surface area is 124 Å². The van der Waals surface area contributed by atoms with E-state index in [9.17, 15) is 4.79 Å². The summed E-state index contributed by atoms with van der Waals surface area (Å²) in [6.07, 6.45) is 1.72. The van der Waals surface area contributed by atoms with Gasteiger partial charge in [0, 0.05) is 57.2 Å². The Morgan fingerprint density at radius 1 is 1.35 bits per heavy atom. The van der Waals surface area contributed by atoms with E-state index in [-0.39, 0.29) is 0 Å². The highest BCUT2D eigenvalue weighted by atomic mass is 32.1. The number of carbonyl (C=O) groups is 1. The van der Waals surface area contributed by atoms with E-state index in [1.807, 2.05) is 16.2 Å². The maximum atomic E-state index is 12.2. The fourth-order valence-electron chi connectivity index (χ4n) is 2.90. The number of hydrogen-bond acceptors (Lipinski definition) is 4. The van der Waals surface area contributed by atoms with Crippen molar-refractivity contribution in [3.05, 3.63) is 22.4 Å². The largest absolute Gasteiger partial charge is 0.381 e. The molecule has 1 amide bonds. The summed E-state index contributed by atoms with van der Waals surface area (Å²) < 4.78 is 5.34. The molecule has 3 rings (SSSR count). The zero-order chi connectivity index (χ0) is 13.8. The van der Waals surface area contributed by atoms with Gasteiger partial charge >= 0.3 is 0 Å². The zero-order valence-corrected chi connectivity index (χ0v) is 12.6. The molecule has 0 aromatic carbocycles. The summed E-state index contributed by atoms with van der Waals surface area (Å²) in [5, 5.41) is 2.12. The Kier molecular flexibility index (Phi) is 4.70. The van der Waals surface area contributed by atoms with E-state index >= 15 is 0 Å². The van der Waals surface area contributed by atoms with Gasteiger partial charge in [0.15, 0.2) is 0 Å². The van der Waals surface area contributed by atoms with Gasteiger partial charge in [0.1, 0.15) is 0 Å². The molecule has 2 aliphatic rings. The molecule has 0 aliphatic carbocycles. The summed E-state index contributed by atoms with van der Waals surface area (Å²) in [7, 11) is 0. The zero-order valence-electron chi connectivity index (χ0n) is 11.8. The van der Waals surface area contributed by atoms with Crippen molar-refractivity contribution in [2.45, 2.75) is 19.4 Å². The number of thiophene rings is 1. The summed E-state index contributed by atoms with van der Waals surface area (Å²) in [5.74, 6) is 0.767. The maximum absolute atomic E-state index is 12.2. The summed E-state index contributed by atoms with van der Waals surface area (Å²) >= 11 is 1.81. The van der Waals surface area contributed by atoms with Crippen LogP contribution in [0.5, 0.6) is 0 Å². The molecule has 1 aromatic heterocycles. The van der Waals surface area contributed by atoms with Crippen LogP contribution in [0.15, 0.2) is 17.5 Å². The standard InChI is InChI=1S/C15H22N2O2S/c18-15(10-13-3-8-19-12-13)17-6-4-16(5-7-17)11-14-2-1-9-20-14/h1-2,9,13H,3-8,10-12H2/t13-/m1/s1. The first-order valence-corrected chi connectivity index (χ1v) is 8.29. The number of nitrogens with zero attached hydrogens (tertiary/aromatic N) is 2. The molecule has 0 unspecified atom stereocenters. The molecule has 2 fully saturated rings. The predicted octanol–water partition coefficient (Wildman–Crippen LogP) is 1.82. The number of rotatable bonds is 4. The van der Waals surface area contributed by atoms with Crippen LogP contribution in [0.4, 0.5) is 0 Å². The van der Waals surface area contributed by atoms with Gasteiger partial charge in [0.25, 0.3) is 0 Å². The molecule has 1 aromatic rings. The lowest BCUT2D eigenvalue weighted by molar-refractivity contribution is -0.134. The van der Waals surface area contributed by atoms with Crippen LogP contribution in [0.3, 0.4) is 0 Å². The van der Waals surface area contributed by atoms with E-state index in [4.69, 9.17) is 4.74 Å². The van der Waals surface area contributed by atoms with Gasteiger partial charge in [-0.3, -0.25) is 9.69 Å². The first-order chi connectivity index (χ1) is 9.81. The minimum atomic E-state index is 0.316. The minimum absolute atomic E-state index is 0.316. The summed E-state index contributed by atoms with van der Waals surface area (Å²) in [6.45, 7) is 6.35. The van der Waals surface area contributed by atoms with Crippen LogP contribution < -0.4 is 0 Å². The topological polar surface area (TPSA) is 32.8 Å². The molecule has 2 saturated heterocycles. The van der Waals surface area contributed by atoms with Crippen molar-refractivity contribution in [1.29, 1.82) is 0 Å². The third-order valence-corrected chi connectivity index (χ3v) is 5.03. The third kappa shape index (κ3) is 3.59. The molecule has 0 bridgehead atoms. The monoisotopic (exact) mass is 294 g/mol. The van der Waals surface area contributed by atoms with Crippen LogP contribution in [0, 0.1) is 5.92 Å². The van der Waals surface area contributed by atoms with Crippen LogP contribution in [-0.2, 0) is 16.1 Å². The van der Waals surface area contributed by atoms with Crippen molar-refractivity contribution < 1.29 is 9.53 Å². The molecule has 3 heterocycles. The van der Waals surface area contributed by atoms with E-state index in [0.29, 0.717) is 18.2 Å². The van der Waals surface area contributed by atoms with Crippen molar-refractivity contribution in [1.82, 2.24) is 9.80 Å². The highest BCUT2D eigenvalue weighted by Gasteiger charge is 2.25. The molecule has 0 spiro atoms. The second-order valence-corrected chi connectivity index (χ2v) is 6.70. The van der Waals surface area contributed by atoms with Gasteiger partial charge in [0.2, 0.25) is 5.91 Å². The molecule has 0 saturated carbocycles. The van der Waals surface area contributed by atoms with Crippen LogP contribution in [0.25, 0.3) is 0 Å². The van der Waals surface area contributed by atoms with E-state index in [1.54, 1.807) is 0 Å². The van der Waals surface area contributed by atoms with Gasteiger partial charge in [-0.05, 0) is 23.8 Å². The normalized spacial score (nSPS) is 24.2. The number of ether oxygens (including phenoxy) is 1. The molecule has 110 valence electrons. The molecule has 4 nitrogen and oxygen atoms in total. The van der Waals surface area contributed by atoms with E-state index < -0.39 is 0 Å². The molecular formula is C15H22N2O2S. The van der Waals surface area contributed by atoms with Crippen LogP contribution >= 0.6 is 11.3 Å². The molecule has 0 radical (unpaired) electrons. The predicted molar refractivity (Wildman–Crippen MR) is 79.7 cm³/mol. The van der Waals surface area contributed by atoms with Gasteiger partial charge < -0.3 is 9.64 Å². The number of carbonyl (C=O) groups excluding carboxylic acids is 1. The quantitative estimate of drug-likeness (QED) is 0.849. The molecule has 1 atom stereocenters. The Morgan fingerprint density at radius 3 is 2.85 bits per heavy atom. The lowest BCUT2D eigenvalue weighted by Gasteiger charge is -2.35. The lowest BCUT2D eigenvalue weighted by Crippen LogP contribution is -2.48. The Bertz CT molecular complexity index is 421. The van der Waals surface area contributed by atoms with Crippen molar-refractivity contribution in [2.75, 3.05) is 39.4 Å².